The van der Waals surface area contributed by atoms with Crippen LogP contribution in [0.1, 0.15) is 29.7 Å². The number of benzene rings is 1. The molecule has 0 saturated carbocycles. The van der Waals surface area contributed by atoms with Gasteiger partial charge in [-0.15, -0.1) is 0 Å². The van der Waals surface area contributed by atoms with Gasteiger partial charge in [-0.05, 0) is 37.3 Å². The zero-order chi connectivity index (χ0) is 12.7. The number of para-hydroxylation sites is 1. The average molecular weight is 277 g/mol. The van der Waals surface area contributed by atoms with Crippen molar-refractivity contribution in [3.05, 3.63) is 40.0 Å². The maximum Gasteiger partial charge on any atom is 0.105 e. The van der Waals surface area contributed by atoms with Crippen LogP contribution in [-0.2, 0) is 12.8 Å². The number of hydrogen-bond donors (Lipinski definition) is 1. The summed E-state index contributed by atoms with van der Waals surface area (Å²) in [7, 11) is 0. The van der Waals surface area contributed by atoms with Gasteiger partial charge < -0.3 is 5.73 Å². The van der Waals surface area contributed by atoms with Gasteiger partial charge in [0, 0.05) is 16.6 Å². The Bertz CT molecular complexity index is 652. The minimum atomic E-state index is 0.447. The summed E-state index contributed by atoms with van der Waals surface area (Å²) in [5.74, 6) is 0. The Balaban J connectivity index is 2.44. The fourth-order valence-corrected chi connectivity index (χ4v) is 3.14. The van der Waals surface area contributed by atoms with Gasteiger partial charge in [0.05, 0.1) is 10.5 Å². The molecule has 1 aromatic carbocycles. The van der Waals surface area contributed by atoms with Gasteiger partial charge in [0.25, 0.3) is 0 Å². The van der Waals surface area contributed by atoms with Gasteiger partial charge in [0.15, 0.2) is 0 Å². The first kappa shape index (κ1) is 11.9. The lowest BCUT2D eigenvalue weighted by Gasteiger charge is -2.20. The normalized spacial score (nSPS) is 14.5. The molecule has 0 spiro atoms. The molecule has 0 amide bonds. The summed E-state index contributed by atoms with van der Waals surface area (Å²) in [6.07, 6.45) is 4.35. The van der Waals surface area contributed by atoms with Gasteiger partial charge in [-0.25, -0.2) is 0 Å². The molecule has 0 bridgehead atoms. The van der Waals surface area contributed by atoms with E-state index in [0.717, 1.165) is 35.0 Å². The molecule has 0 radical (unpaired) electrons. The molecule has 0 unspecified atom stereocenters. The number of aromatic nitrogens is 1. The Hall–Kier alpha value is -1.19. The Morgan fingerprint density at radius 2 is 2.06 bits per heavy atom. The van der Waals surface area contributed by atoms with Crippen molar-refractivity contribution in [1.82, 2.24) is 4.98 Å². The number of aryl methyl sites for hydroxylation is 1. The maximum absolute atomic E-state index is 6.23. The van der Waals surface area contributed by atoms with Gasteiger partial charge in [-0.1, -0.05) is 36.0 Å². The van der Waals surface area contributed by atoms with Gasteiger partial charge in [0.1, 0.15) is 4.99 Å². The van der Waals surface area contributed by atoms with E-state index in [9.17, 15) is 0 Å². The smallest absolute Gasteiger partial charge is 0.105 e. The van der Waals surface area contributed by atoms with Crippen molar-refractivity contribution >= 4 is 39.7 Å². The summed E-state index contributed by atoms with van der Waals surface area (Å²) in [5.41, 5.74) is 10.1. The van der Waals surface area contributed by atoms with Crippen LogP contribution in [0.15, 0.2) is 18.2 Å². The molecule has 2 N–H and O–H groups in total. The minimum absolute atomic E-state index is 0.447. The van der Waals surface area contributed by atoms with Crippen molar-refractivity contribution in [2.24, 2.45) is 5.73 Å². The van der Waals surface area contributed by atoms with E-state index < -0.39 is 0 Å². The molecule has 4 heteroatoms. The maximum atomic E-state index is 6.23. The molecule has 0 atom stereocenters. The van der Waals surface area contributed by atoms with Crippen molar-refractivity contribution in [3.8, 4) is 0 Å². The third-order valence-electron chi connectivity index (χ3n) is 3.49. The highest BCUT2D eigenvalue weighted by Crippen LogP contribution is 2.32. The third-order valence-corrected chi connectivity index (χ3v) is 4.00. The number of thiocarbonyl (C=S) groups is 1. The summed E-state index contributed by atoms with van der Waals surface area (Å²) in [5, 5.41) is 1.65. The van der Waals surface area contributed by atoms with E-state index in [2.05, 4.69) is 0 Å². The summed E-state index contributed by atoms with van der Waals surface area (Å²) < 4.78 is 0. The Morgan fingerprint density at radius 3 is 2.83 bits per heavy atom. The number of pyridine rings is 1. The van der Waals surface area contributed by atoms with Crippen LogP contribution in [0.2, 0.25) is 5.02 Å². The summed E-state index contributed by atoms with van der Waals surface area (Å²) >= 11 is 11.5. The van der Waals surface area contributed by atoms with Gasteiger partial charge in [0.2, 0.25) is 0 Å². The molecule has 0 aliphatic heterocycles. The summed E-state index contributed by atoms with van der Waals surface area (Å²) in [4.78, 5) is 5.16. The van der Waals surface area contributed by atoms with Gasteiger partial charge in [-0.2, -0.15) is 0 Å². The minimum Gasteiger partial charge on any atom is -0.389 e. The predicted molar refractivity (Wildman–Crippen MR) is 79.3 cm³/mol. The van der Waals surface area contributed by atoms with E-state index in [1.165, 1.54) is 18.4 Å². The first-order chi connectivity index (χ1) is 8.68. The summed E-state index contributed by atoms with van der Waals surface area (Å²) in [6.45, 7) is 0. The van der Waals surface area contributed by atoms with Crippen LogP contribution < -0.4 is 5.73 Å². The molecular weight excluding hydrogens is 264 g/mol. The van der Waals surface area contributed by atoms with Crippen molar-refractivity contribution in [3.63, 3.8) is 0 Å². The van der Waals surface area contributed by atoms with Crippen LogP contribution in [0.5, 0.6) is 0 Å². The van der Waals surface area contributed by atoms with E-state index in [1.807, 2.05) is 18.2 Å². The van der Waals surface area contributed by atoms with Crippen molar-refractivity contribution in [1.29, 1.82) is 0 Å². The number of nitrogens with zero attached hydrogens (tertiary/aromatic N) is 1. The molecule has 1 aliphatic carbocycles. The number of nitrogens with two attached hydrogens (primary N) is 1. The van der Waals surface area contributed by atoms with Crippen LogP contribution in [0.4, 0.5) is 0 Å². The predicted octanol–water partition coefficient (Wildman–Crippen LogP) is 3.40. The second-order valence-corrected chi connectivity index (χ2v) is 5.47. The van der Waals surface area contributed by atoms with Crippen molar-refractivity contribution in [2.75, 3.05) is 0 Å². The highest BCUT2D eigenvalue weighted by molar-refractivity contribution is 7.80. The lowest BCUT2D eigenvalue weighted by atomic mass is 9.90. The molecule has 1 heterocycles. The van der Waals surface area contributed by atoms with Gasteiger partial charge >= 0.3 is 0 Å². The largest absolute Gasteiger partial charge is 0.389 e. The molecule has 3 rings (SSSR count). The topological polar surface area (TPSA) is 38.9 Å². The molecule has 2 aromatic rings. The van der Waals surface area contributed by atoms with Crippen LogP contribution in [-0.4, -0.2) is 9.97 Å². The molecule has 92 valence electrons. The molecular formula is C14H13ClN2S. The zero-order valence-corrected chi connectivity index (χ0v) is 11.4. The van der Waals surface area contributed by atoms with Crippen LogP contribution >= 0.6 is 23.8 Å². The first-order valence-electron chi connectivity index (χ1n) is 6.08. The van der Waals surface area contributed by atoms with E-state index >= 15 is 0 Å². The Morgan fingerprint density at radius 1 is 1.28 bits per heavy atom. The third kappa shape index (κ3) is 1.78. The summed E-state index contributed by atoms with van der Waals surface area (Å²) in [6, 6.07) is 5.77. The van der Waals surface area contributed by atoms with E-state index in [0.29, 0.717) is 10.0 Å². The molecule has 0 saturated heterocycles. The van der Waals surface area contributed by atoms with E-state index in [4.69, 9.17) is 34.5 Å². The highest BCUT2D eigenvalue weighted by Gasteiger charge is 2.20. The Labute approximate surface area is 116 Å². The second kappa shape index (κ2) is 4.48. The number of hydrogen-bond acceptors (Lipinski definition) is 2. The average Bonchev–Trinajstić information content (AvgIpc) is 2.36. The van der Waals surface area contributed by atoms with Gasteiger partial charge in [-0.3, -0.25) is 4.98 Å². The fraction of sp³-hybridized carbons (Fsp3) is 0.286. The van der Waals surface area contributed by atoms with Crippen molar-refractivity contribution < 1.29 is 0 Å². The van der Waals surface area contributed by atoms with E-state index in [-0.39, 0.29) is 0 Å². The molecule has 1 aliphatic rings. The lowest BCUT2D eigenvalue weighted by molar-refractivity contribution is 0.670. The quantitative estimate of drug-likeness (QED) is 0.812. The first-order valence-corrected chi connectivity index (χ1v) is 6.87. The monoisotopic (exact) mass is 276 g/mol. The number of fused-ring (bicyclic) bond motifs is 2. The molecule has 0 fully saturated rings. The fourth-order valence-electron chi connectivity index (χ4n) is 2.69. The van der Waals surface area contributed by atoms with Crippen LogP contribution in [0, 0.1) is 0 Å². The van der Waals surface area contributed by atoms with E-state index in [1.54, 1.807) is 0 Å². The molecule has 1 aromatic heterocycles. The number of halogens is 1. The standard InChI is InChI=1S/C14H13ClN2S/c15-10-6-3-5-9-12(14(16)18)8-4-1-2-7-11(8)17-13(9)10/h3,5-6H,1-2,4,7H2,(H2,16,18). The molecule has 18 heavy (non-hydrogen) atoms. The van der Waals surface area contributed by atoms with Crippen molar-refractivity contribution in [2.45, 2.75) is 25.7 Å². The lowest BCUT2D eigenvalue weighted by Crippen LogP contribution is -2.18. The Kier molecular flexibility index (Phi) is 2.96. The SMILES string of the molecule is NC(=S)c1c2c(nc3c(Cl)cccc13)CCCC2. The number of rotatable bonds is 1. The highest BCUT2D eigenvalue weighted by atomic mass is 35.5. The zero-order valence-electron chi connectivity index (χ0n) is 9.87. The van der Waals surface area contributed by atoms with Crippen LogP contribution in [0.25, 0.3) is 10.9 Å². The second-order valence-electron chi connectivity index (χ2n) is 4.62. The molecule has 2 nitrogen and oxygen atoms in total. The van der Waals surface area contributed by atoms with Crippen LogP contribution in [0.3, 0.4) is 0 Å².